The van der Waals surface area contributed by atoms with Crippen LogP contribution in [0.1, 0.15) is 23.2 Å². The fourth-order valence-corrected chi connectivity index (χ4v) is 2.33. The molecule has 7 heteroatoms. The first-order chi connectivity index (χ1) is 8.94. The van der Waals surface area contributed by atoms with Gasteiger partial charge in [-0.2, -0.15) is 0 Å². The van der Waals surface area contributed by atoms with Gasteiger partial charge in [-0.1, -0.05) is 11.6 Å². The van der Waals surface area contributed by atoms with Crippen molar-refractivity contribution in [3.63, 3.8) is 0 Å². The normalized spacial score (nSPS) is 23.2. The predicted octanol–water partition coefficient (Wildman–Crippen LogP) is 0.187. The number of nitrogens with two attached hydrogens (primary N) is 1. The highest BCUT2D eigenvalue weighted by atomic mass is 35.5. The third-order valence-electron chi connectivity index (χ3n) is 3.22. The molecule has 2 rings (SSSR count). The summed E-state index contributed by atoms with van der Waals surface area (Å²) in [6.45, 7) is 0.340. The van der Waals surface area contributed by atoms with Gasteiger partial charge in [-0.05, 0) is 18.9 Å². The molecule has 19 heavy (non-hydrogen) atoms. The van der Waals surface area contributed by atoms with Gasteiger partial charge >= 0.3 is 0 Å². The van der Waals surface area contributed by atoms with Crippen molar-refractivity contribution in [2.24, 2.45) is 5.73 Å². The van der Waals surface area contributed by atoms with Crippen molar-refractivity contribution in [3.8, 4) is 0 Å². The third kappa shape index (κ3) is 2.69. The molecule has 0 aliphatic carbocycles. The van der Waals surface area contributed by atoms with Gasteiger partial charge in [0.2, 0.25) is 0 Å². The van der Waals surface area contributed by atoms with Crippen LogP contribution >= 0.6 is 11.6 Å². The van der Waals surface area contributed by atoms with E-state index in [0.29, 0.717) is 18.5 Å². The monoisotopic (exact) mass is 283 g/mol. The number of primary amides is 1. The standard InChI is InChI=1S/C12H14ClN3O3/c13-9-6-15-4-2-8(9)10(17)16-5-1-3-12(19,7-16)11(14)18/h2,4,6,19H,1,3,5,7H2,(H2,14,18). The van der Waals surface area contributed by atoms with Crippen LogP contribution in [0.2, 0.25) is 5.02 Å². The third-order valence-corrected chi connectivity index (χ3v) is 3.52. The quantitative estimate of drug-likeness (QED) is 0.809. The van der Waals surface area contributed by atoms with Crippen molar-refractivity contribution < 1.29 is 14.7 Å². The molecule has 3 N–H and O–H groups in total. The summed E-state index contributed by atoms with van der Waals surface area (Å²) in [7, 11) is 0. The van der Waals surface area contributed by atoms with Gasteiger partial charge in [0.25, 0.3) is 11.8 Å². The van der Waals surface area contributed by atoms with Crippen LogP contribution in [0.3, 0.4) is 0 Å². The van der Waals surface area contributed by atoms with E-state index in [-0.39, 0.29) is 23.9 Å². The molecule has 1 atom stereocenters. The lowest BCUT2D eigenvalue weighted by atomic mass is 9.92. The van der Waals surface area contributed by atoms with Gasteiger partial charge in [0, 0.05) is 18.9 Å². The van der Waals surface area contributed by atoms with Crippen molar-refractivity contribution in [1.29, 1.82) is 0 Å². The smallest absolute Gasteiger partial charge is 0.255 e. The predicted molar refractivity (Wildman–Crippen MR) is 68.5 cm³/mol. The van der Waals surface area contributed by atoms with Crippen LogP contribution in [0.25, 0.3) is 0 Å². The number of aliphatic hydroxyl groups is 1. The first-order valence-corrected chi connectivity index (χ1v) is 6.23. The molecule has 1 saturated heterocycles. The number of β-amino-alcohol motifs (C(OH)–C–C–N with tert-alkyl or cyclic N) is 1. The fraction of sp³-hybridized carbons (Fsp3) is 0.417. The van der Waals surface area contributed by atoms with Gasteiger partial charge in [0.05, 0.1) is 17.1 Å². The van der Waals surface area contributed by atoms with Crippen LogP contribution in [-0.4, -0.2) is 45.5 Å². The zero-order valence-corrected chi connectivity index (χ0v) is 10.9. The van der Waals surface area contributed by atoms with Gasteiger partial charge in [0.15, 0.2) is 5.60 Å². The Morgan fingerprint density at radius 1 is 1.53 bits per heavy atom. The highest BCUT2D eigenvalue weighted by molar-refractivity contribution is 6.33. The molecule has 0 saturated carbocycles. The number of carbonyl (C=O) groups excluding carboxylic acids is 2. The van der Waals surface area contributed by atoms with Gasteiger partial charge in [-0.3, -0.25) is 14.6 Å². The summed E-state index contributed by atoms with van der Waals surface area (Å²) in [5, 5.41) is 10.3. The molecule has 1 fully saturated rings. The average Bonchev–Trinajstić information content (AvgIpc) is 2.38. The molecule has 0 aromatic carbocycles. The van der Waals surface area contributed by atoms with Gasteiger partial charge < -0.3 is 15.7 Å². The number of amides is 2. The molecule has 1 unspecified atom stereocenters. The minimum absolute atomic E-state index is 0.111. The highest BCUT2D eigenvalue weighted by Gasteiger charge is 2.40. The molecule has 2 heterocycles. The first-order valence-electron chi connectivity index (χ1n) is 5.85. The topological polar surface area (TPSA) is 96.5 Å². The van der Waals surface area contributed by atoms with E-state index in [9.17, 15) is 14.7 Å². The number of aromatic nitrogens is 1. The van der Waals surface area contributed by atoms with E-state index in [0.717, 1.165) is 0 Å². The van der Waals surface area contributed by atoms with Crippen LogP contribution in [0.5, 0.6) is 0 Å². The Balaban J connectivity index is 2.21. The molecule has 1 aromatic rings. The van der Waals surface area contributed by atoms with E-state index in [4.69, 9.17) is 17.3 Å². The fourth-order valence-electron chi connectivity index (χ4n) is 2.13. The second-order valence-electron chi connectivity index (χ2n) is 4.58. The largest absolute Gasteiger partial charge is 0.378 e. The molecule has 102 valence electrons. The number of hydrogen-bond acceptors (Lipinski definition) is 4. The molecule has 1 aromatic heterocycles. The minimum Gasteiger partial charge on any atom is -0.378 e. The Hall–Kier alpha value is -1.66. The number of carbonyl (C=O) groups is 2. The molecule has 1 aliphatic rings. The summed E-state index contributed by atoms with van der Waals surface area (Å²) in [4.78, 5) is 28.7. The van der Waals surface area contributed by atoms with E-state index in [2.05, 4.69) is 4.98 Å². The minimum atomic E-state index is -1.66. The second kappa shape index (κ2) is 5.14. The molecular formula is C12H14ClN3O3. The van der Waals surface area contributed by atoms with Gasteiger partial charge in [-0.25, -0.2) is 0 Å². The van der Waals surface area contributed by atoms with Crippen molar-refractivity contribution in [2.75, 3.05) is 13.1 Å². The van der Waals surface area contributed by atoms with E-state index in [1.807, 2.05) is 0 Å². The average molecular weight is 284 g/mol. The zero-order chi connectivity index (χ0) is 14.0. The van der Waals surface area contributed by atoms with Crippen molar-refractivity contribution >= 4 is 23.4 Å². The molecule has 0 radical (unpaired) electrons. The van der Waals surface area contributed by atoms with Crippen LogP contribution in [-0.2, 0) is 4.79 Å². The van der Waals surface area contributed by atoms with Crippen LogP contribution in [0.4, 0.5) is 0 Å². The number of pyridine rings is 1. The maximum absolute atomic E-state index is 12.3. The maximum atomic E-state index is 12.3. The Morgan fingerprint density at radius 3 is 2.89 bits per heavy atom. The van der Waals surface area contributed by atoms with Crippen molar-refractivity contribution in [3.05, 3.63) is 29.0 Å². The Morgan fingerprint density at radius 2 is 2.26 bits per heavy atom. The van der Waals surface area contributed by atoms with Gasteiger partial charge in [0.1, 0.15) is 0 Å². The van der Waals surface area contributed by atoms with E-state index >= 15 is 0 Å². The Kier molecular flexibility index (Phi) is 3.73. The SMILES string of the molecule is NC(=O)C1(O)CCCN(C(=O)c2ccncc2Cl)C1. The number of hydrogen-bond donors (Lipinski definition) is 2. The van der Waals surface area contributed by atoms with E-state index < -0.39 is 11.5 Å². The number of halogens is 1. The summed E-state index contributed by atoms with van der Waals surface area (Å²) in [6, 6.07) is 1.50. The molecule has 0 bridgehead atoms. The lowest BCUT2D eigenvalue weighted by Crippen LogP contribution is -2.57. The van der Waals surface area contributed by atoms with Crippen LogP contribution < -0.4 is 5.73 Å². The van der Waals surface area contributed by atoms with Crippen LogP contribution in [0, 0.1) is 0 Å². The number of likely N-dealkylation sites (tertiary alicyclic amines) is 1. The number of nitrogens with zero attached hydrogens (tertiary/aromatic N) is 2. The molecule has 1 aliphatic heterocycles. The first kappa shape index (κ1) is 13.8. The molecule has 0 spiro atoms. The summed E-state index contributed by atoms with van der Waals surface area (Å²) in [6.07, 6.45) is 3.60. The van der Waals surface area contributed by atoms with Crippen LogP contribution in [0.15, 0.2) is 18.5 Å². The molecular weight excluding hydrogens is 270 g/mol. The molecule has 6 nitrogen and oxygen atoms in total. The summed E-state index contributed by atoms with van der Waals surface area (Å²) < 4.78 is 0. The Bertz CT molecular complexity index is 523. The number of piperidine rings is 1. The summed E-state index contributed by atoms with van der Waals surface area (Å²) in [5.74, 6) is -1.15. The van der Waals surface area contributed by atoms with E-state index in [1.54, 1.807) is 0 Å². The van der Waals surface area contributed by atoms with Crippen molar-refractivity contribution in [2.45, 2.75) is 18.4 Å². The highest BCUT2D eigenvalue weighted by Crippen LogP contribution is 2.24. The van der Waals surface area contributed by atoms with Gasteiger partial charge in [-0.15, -0.1) is 0 Å². The number of rotatable bonds is 2. The Labute approximate surface area is 115 Å². The maximum Gasteiger partial charge on any atom is 0.255 e. The zero-order valence-electron chi connectivity index (χ0n) is 10.2. The lowest BCUT2D eigenvalue weighted by molar-refractivity contribution is -0.140. The van der Waals surface area contributed by atoms with E-state index in [1.165, 1.54) is 23.4 Å². The molecule has 2 amide bonds. The summed E-state index contributed by atoms with van der Waals surface area (Å²) >= 11 is 5.91. The van der Waals surface area contributed by atoms with Crippen molar-refractivity contribution in [1.82, 2.24) is 9.88 Å². The lowest BCUT2D eigenvalue weighted by Gasteiger charge is -2.37. The second-order valence-corrected chi connectivity index (χ2v) is 4.99. The summed E-state index contributed by atoms with van der Waals surface area (Å²) in [5.41, 5.74) is 3.81.